The Labute approximate surface area is 144 Å². The van der Waals surface area contributed by atoms with Crippen molar-refractivity contribution in [2.75, 3.05) is 18.5 Å². The molecule has 0 bridgehead atoms. The first kappa shape index (κ1) is 17.7. The second-order valence-corrected chi connectivity index (χ2v) is 7.00. The number of hydrogen-bond acceptors (Lipinski definition) is 3. The topological polar surface area (TPSA) is 63.3 Å². The third-order valence-electron chi connectivity index (χ3n) is 3.16. The van der Waals surface area contributed by atoms with Crippen molar-refractivity contribution in [3.63, 3.8) is 0 Å². The van der Waals surface area contributed by atoms with Gasteiger partial charge in [0.1, 0.15) is 11.4 Å². The zero-order chi connectivity index (χ0) is 16.9. The van der Waals surface area contributed by atoms with Gasteiger partial charge in [-0.05, 0) is 38.8 Å². The lowest BCUT2D eigenvalue weighted by Gasteiger charge is -2.19. The Kier molecular flexibility index (Phi) is 5.93. The van der Waals surface area contributed by atoms with Gasteiger partial charge in [0, 0.05) is 23.5 Å². The molecule has 2 rings (SSSR count). The van der Waals surface area contributed by atoms with Crippen molar-refractivity contribution >= 4 is 32.9 Å². The smallest absolute Gasteiger partial charge is 0.407 e. The molecule has 0 aliphatic carbocycles. The summed E-state index contributed by atoms with van der Waals surface area (Å²) in [5.74, 6) is 0.841. The van der Waals surface area contributed by atoms with E-state index in [0.29, 0.717) is 13.2 Å². The number of carbonyl (C=O) groups is 1. The van der Waals surface area contributed by atoms with E-state index >= 15 is 0 Å². The number of aromatic nitrogens is 1. The third-order valence-corrected chi connectivity index (χ3v) is 3.48. The maximum atomic E-state index is 11.7. The molecule has 23 heavy (non-hydrogen) atoms. The van der Waals surface area contributed by atoms with E-state index in [1.54, 1.807) is 0 Å². The average molecular weight is 383 g/mol. The first-order valence-electron chi connectivity index (χ1n) is 7.65. The lowest BCUT2D eigenvalue weighted by atomic mass is 10.1. The number of carbonyl (C=O) groups excluding carboxylic acids is 1. The lowest BCUT2D eigenvalue weighted by Crippen LogP contribution is -2.33. The molecule has 0 aliphatic rings. The fraction of sp³-hybridized carbons (Fsp3) is 0.471. The number of rotatable bonds is 6. The first-order chi connectivity index (χ1) is 10.9. The number of fused-ring (bicyclic) bond motifs is 1. The van der Waals surface area contributed by atoms with E-state index in [1.165, 1.54) is 0 Å². The van der Waals surface area contributed by atoms with E-state index < -0.39 is 11.7 Å². The van der Waals surface area contributed by atoms with E-state index in [2.05, 4.69) is 32.3 Å². The number of nitrogens with one attached hydrogen (secondary N) is 2. The van der Waals surface area contributed by atoms with Crippen LogP contribution in [-0.4, -0.2) is 35.2 Å². The van der Waals surface area contributed by atoms with Crippen LogP contribution in [0.5, 0.6) is 5.75 Å². The summed E-state index contributed by atoms with van der Waals surface area (Å²) in [6, 6.07) is 5.98. The van der Waals surface area contributed by atoms with Gasteiger partial charge >= 0.3 is 6.09 Å². The van der Waals surface area contributed by atoms with Gasteiger partial charge in [0.15, 0.2) is 0 Å². The van der Waals surface area contributed by atoms with Crippen molar-refractivity contribution in [1.82, 2.24) is 10.3 Å². The van der Waals surface area contributed by atoms with Crippen molar-refractivity contribution in [2.45, 2.75) is 32.8 Å². The van der Waals surface area contributed by atoms with Crippen LogP contribution in [0.3, 0.4) is 0 Å². The van der Waals surface area contributed by atoms with Crippen LogP contribution in [0.2, 0.25) is 0 Å². The Bertz CT molecular complexity index is 661. The zero-order valence-corrected chi connectivity index (χ0v) is 15.3. The van der Waals surface area contributed by atoms with Crippen molar-refractivity contribution in [3.05, 3.63) is 30.0 Å². The van der Waals surface area contributed by atoms with Gasteiger partial charge in [-0.1, -0.05) is 28.1 Å². The standard InChI is InChI=1S/C17H23BrN2O3/c1-17(2,3)23-16(21)19-9-7-12-11-20-15-13(12)5-4-6-14(15)22-10-8-18/h4-6,11,20H,7-10H2,1-3H3,(H,19,21). The summed E-state index contributed by atoms with van der Waals surface area (Å²) in [6.07, 6.45) is 2.29. The van der Waals surface area contributed by atoms with Crippen LogP contribution in [0.15, 0.2) is 24.4 Å². The highest BCUT2D eigenvalue weighted by Gasteiger charge is 2.16. The van der Waals surface area contributed by atoms with E-state index in [4.69, 9.17) is 9.47 Å². The van der Waals surface area contributed by atoms with Gasteiger partial charge < -0.3 is 19.8 Å². The van der Waals surface area contributed by atoms with Crippen molar-refractivity contribution in [1.29, 1.82) is 0 Å². The molecule has 5 nitrogen and oxygen atoms in total. The Hall–Kier alpha value is -1.69. The second-order valence-electron chi connectivity index (χ2n) is 6.21. The number of ether oxygens (including phenoxy) is 2. The summed E-state index contributed by atoms with van der Waals surface area (Å²) in [4.78, 5) is 14.9. The van der Waals surface area contributed by atoms with Gasteiger partial charge in [0.05, 0.1) is 12.1 Å². The second kappa shape index (κ2) is 7.73. The number of alkyl halides is 1. The fourth-order valence-corrected chi connectivity index (χ4v) is 2.44. The summed E-state index contributed by atoms with van der Waals surface area (Å²) in [6.45, 7) is 6.68. The van der Waals surface area contributed by atoms with Gasteiger partial charge in [-0.3, -0.25) is 0 Å². The molecular weight excluding hydrogens is 360 g/mol. The molecule has 0 fully saturated rings. The van der Waals surface area contributed by atoms with Gasteiger partial charge in [-0.2, -0.15) is 0 Å². The van der Waals surface area contributed by atoms with Crippen molar-refractivity contribution in [3.8, 4) is 5.75 Å². The maximum Gasteiger partial charge on any atom is 0.407 e. The van der Waals surface area contributed by atoms with E-state index in [9.17, 15) is 4.79 Å². The van der Waals surface area contributed by atoms with Crippen LogP contribution in [0.1, 0.15) is 26.3 Å². The van der Waals surface area contributed by atoms with Crippen LogP contribution in [0, 0.1) is 0 Å². The highest BCUT2D eigenvalue weighted by atomic mass is 79.9. The number of H-pyrrole nitrogens is 1. The predicted octanol–water partition coefficient (Wildman–Crippen LogP) is 4.01. The highest BCUT2D eigenvalue weighted by molar-refractivity contribution is 9.09. The molecule has 0 saturated heterocycles. The first-order valence-corrected chi connectivity index (χ1v) is 8.77. The van der Waals surface area contributed by atoms with Gasteiger partial charge in [-0.25, -0.2) is 4.79 Å². The normalized spacial score (nSPS) is 11.5. The minimum atomic E-state index is -0.480. The van der Waals surface area contributed by atoms with Gasteiger partial charge in [0.2, 0.25) is 0 Å². The van der Waals surface area contributed by atoms with Gasteiger partial charge in [0.25, 0.3) is 0 Å². The van der Waals surface area contributed by atoms with Crippen LogP contribution >= 0.6 is 15.9 Å². The molecule has 1 aromatic carbocycles. The summed E-state index contributed by atoms with van der Waals surface area (Å²) < 4.78 is 10.9. The summed E-state index contributed by atoms with van der Waals surface area (Å²) in [7, 11) is 0. The molecule has 0 unspecified atom stereocenters. The predicted molar refractivity (Wildman–Crippen MR) is 95.5 cm³/mol. The minimum Gasteiger partial charge on any atom is -0.491 e. The molecule has 6 heteroatoms. The molecule has 0 spiro atoms. The molecule has 1 amide bonds. The average Bonchev–Trinajstić information content (AvgIpc) is 2.87. The Morgan fingerprint density at radius 3 is 2.83 bits per heavy atom. The summed E-state index contributed by atoms with van der Waals surface area (Å²) in [5, 5.41) is 4.68. The highest BCUT2D eigenvalue weighted by Crippen LogP contribution is 2.27. The van der Waals surface area contributed by atoms with Crippen LogP contribution in [-0.2, 0) is 11.2 Å². The molecule has 0 saturated carbocycles. The van der Waals surface area contributed by atoms with Crippen molar-refractivity contribution in [2.24, 2.45) is 0 Å². The third kappa shape index (κ3) is 5.16. The molecule has 2 aromatic rings. The molecule has 126 valence electrons. The molecule has 2 N–H and O–H groups in total. The summed E-state index contributed by atoms with van der Waals surface area (Å²) >= 11 is 3.36. The van der Waals surface area contributed by atoms with Crippen LogP contribution < -0.4 is 10.1 Å². The molecular formula is C17H23BrN2O3. The number of aromatic amines is 1. The molecule has 1 heterocycles. The Morgan fingerprint density at radius 1 is 1.35 bits per heavy atom. The minimum absolute atomic E-state index is 0.390. The monoisotopic (exact) mass is 382 g/mol. The summed E-state index contributed by atoms with van der Waals surface area (Å²) in [5.41, 5.74) is 1.65. The van der Waals surface area contributed by atoms with Crippen molar-refractivity contribution < 1.29 is 14.3 Å². The zero-order valence-electron chi connectivity index (χ0n) is 13.7. The maximum absolute atomic E-state index is 11.7. The molecule has 0 aliphatic heterocycles. The van der Waals surface area contributed by atoms with Crippen LogP contribution in [0.4, 0.5) is 4.79 Å². The van der Waals surface area contributed by atoms with E-state index in [-0.39, 0.29) is 0 Å². The largest absolute Gasteiger partial charge is 0.491 e. The Morgan fingerprint density at radius 2 is 2.13 bits per heavy atom. The number of benzene rings is 1. The molecule has 1 aromatic heterocycles. The number of hydrogen-bond donors (Lipinski definition) is 2. The molecule has 0 radical (unpaired) electrons. The van der Waals surface area contributed by atoms with E-state index in [1.807, 2.05) is 39.1 Å². The molecule has 0 atom stereocenters. The fourth-order valence-electron chi connectivity index (χ4n) is 2.27. The number of para-hydroxylation sites is 1. The Balaban J connectivity index is 1.97. The number of alkyl carbamates (subject to hydrolysis) is 1. The number of amides is 1. The van der Waals surface area contributed by atoms with E-state index in [0.717, 1.165) is 34.0 Å². The SMILES string of the molecule is CC(C)(C)OC(=O)NCCc1c[nH]c2c(OCCBr)cccc12. The number of halogens is 1. The quantitative estimate of drug-likeness (QED) is 0.741. The lowest BCUT2D eigenvalue weighted by molar-refractivity contribution is 0.0528. The van der Waals surface area contributed by atoms with Gasteiger partial charge in [-0.15, -0.1) is 0 Å². The van der Waals surface area contributed by atoms with Crippen LogP contribution in [0.25, 0.3) is 10.9 Å².